The van der Waals surface area contributed by atoms with E-state index >= 15 is 0 Å². The third-order valence-corrected chi connectivity index (χ3v) is 4.31. The quantitative estimate of drug-likeness (QED) is 0.422. The molecule has 0 aliphatic carbocycles. The molecule has 0 bridgehead atoms. The lowest BCUT2D eigenvalue weighted by molar-refractivity contribution is -0.144. The summed E-state index contributed by atoms with van der Waals surface area (Å²) in [5, 5.41) is 2.72. The van der Waals surface area contributed by atoms with E-state index in [1.54, 1.807) is 26.0 Å². The number of nitrogens with one attached hydrogen (secondary N) is 3. The molecule has 0 heterocycles. The molecule has 0 atom stereocenters. The molecule has 0 aliphatic heterocycles. The van der Waals surface area contributed by atoms with Gasteiger partial charge in [0.15, 0.2) is 0 Å². The summed E-state index contributed by atoms with van der Waals surface area (Å²) >= 11 is 0. The second kappa shape index (κ2) is 12.1. The highest BCUT2D eigenvalue weighted by atomic mass is 16.5. The molecule has 2 aromatic rings. The molecule has 2 rings (SSSR count). The fourth-order valence-electron chi connectivity index (χ4n) is 2.47. The van der Waals surface area contributed by atoms with Gasteiger partial charge in [-0.3, -0.25) is 30.0 Å². The number of hydrazine groups is 1. The first-order valence-electron chi connectivity index (χ1n) is 10.0. The van der Waals surface area contributed by atoms with E-state index in [9.17, 15) is 19.2 Å². The van der Waals surface area contributed by atoms with Crippen molar-refractivity contribution in [2.75, 3.05) is 11.9 Å². The molecule has 8 heteroatoms. The average molecular weight is 425 g/mol. The minimum Gasteiger partial charge on any atom is -0.465 e. The van der Waals surface area contributed by atoms with Gasteiger partial charge < -0.3 is 10.1 Å². The van der Waals surface area contributed by atoms with Crippen molar-refractivity contribution in [2.45, 2.75) is 33.1 Å². The number of benzene rings is 2. The zero-order chi connectivity index (χ0) is 22.6. The second-order valence-corrected chi connectivity index (χ2v) is 7.18. The number of esters is 1. The summed E-state index contributed by atoms with van der Waals surface area (Å²) in [5.41, 5.74) is 6.50. The van der Waals surface area contributed by atoms with Crippen LogP contribution in [0.1, 0.15) is 42.6 Å². The number of carbonyl (C=O) groups is 4. The molecule has 0 aromatic heterocycles. The first-order valence-corrected chi connectivity index (χ1v) is 10.0. The van der Waals surface area contributed by atoms with Crippen LogP contribution in [-0.4, -0.2) is 30.3 Å². The number of rotatable bonds is 9. The van der Waals surface area contributed by atoms with Crippen molar-refractivity contribution in [3.8, 4) is 0 Å². The number of anilines is 1. The van der Waals surface area contributed by atoms with Gasteiger partial charge >= 0.3 is 5.97 Å². The van der Waals surface area contributed by atoms with Crippen molar-refractivity contribution >= 4 is 29.4 Å². The molecule has 0 spiro atoms. The van der Waals surface area contributed by atoms with Crippen molar-refractivity contribution in [1.82, 2.24) is 10.9 Å². The van der Waals surface area contributed by atoms with Gasteiger partial charge in [0.05, 0.1) is 13.0 Å². The van der Waals surface area contributed by atoms with Crippen LogP contribution in [0.2, 0.25) is 0 Å². The van der Waals surface area contributed by atoms with Crippen molar-refractivity contribution in [1.29, 1.82) is 0 Å². The van der Waals surface area contributed by atoms with Crippen LogP contribution in [0.15, 0.2) is 54.6 Å². The standard InChI is InChI=1S/C23H27N3O5/c1-16(2)22(29)24-19-10-8-18(9-11-19)23(30)26-25-20(27)12-13-21(28)31-15-14-17-6-4-3-5-7-17/h3-11,16H,12-15H2,1-2H3,(H,24,29)(H,25,27)(H,26,30). The van der Waals surface area contributed by atoms with Crippen LogP contribution in [0.3, 0.4) is 0 Å². The Hall–Kier alpha value is -3.68. The van der Waals surface area contributed by atoms with Gasteiger partial charge in [0.2, 0.25) is 11.8 Å². The van der Waals surface area contributed by atoms with Crippen LogP contribution in [0, 0.1) is 5.92 Å². The van der Waals surface area contributed by atoms with Gasteiger partial charge in [0, 0.05) is 30.0 Å². The van der Waals surface area contributed by atoms with Crippen LogP contribution >= 0.6 is 0 Å². The molecule has 2 aromatic carbocycles. The molecule has 3 amide bonds. The molecule has 0 unspecified atom stereocenters. The SMILES string of the molecule is CC(C)C(=O)Nc1ccc(C(=O)NNC(=O)CCC(=O)OCCc2ccccc2)cc1. The van der Waals surface area contributed by atoms with E-state index in [2.05, 4.69) is 16.2 Å². The third kappa shape index (κ3) is 8.69. The summed E-state index contributed by atoms with van der Waals surface area (Å²) in [4.78, 5) is 47.3. The maximum Gasteiger partial charge on any atom is 0.306 e. The van der Waals surface area contributed by atoms with Crippen LogP contribution in [0.5, 0.6) is 0 Å². The van der Waals surface area contributed by atoms with Crippen LogP contribution in [0.4, 0.5) is 5.69 Å². The van der Waals surface area contributed by atoms with Gasteiger partial charge in [0.25, 0.3) is 5.91 Å². The maximum atomic E-state index is 12.1. The molecule has 0 saturated heterocycles. The van der Waals surface area contributed by atoms with E-state index in [1.807, 2.05) is 30.3 Å². The van der Waals surface area contributed by atoms with Gasteiger partial charge in [-0.25, -0.2) is 0 Å². The summed E-state index contributed by atoms with van der Waals surface area (Å²) < 4.78 is 5.11. The summed E-state index contributed by atoms with van der Waals surface area (Å²) in [5.74, 6) is -1.77. The number of amides is 3. The molecule has 0 saturated carbocycles. The summed E-state index contributed by atoms with van der Waals surface area (Å²) in [6.45, 7) is 3.81. The number of hydrogen-bond donors (Lipinski definition) is 3. The Morgan fingerprint density at radius 2 is 1.55 bits per heavy atom. The Bertz CT molecular complexity index is 895. The molecule has 0 radical (unpaired) electrons. The first-order chi connectivity index (χ1) is 14.8. The van der Waals surface area contributed by atoms with Crippen LogP contribution < -0.4 is 16.2 Å². The fourth-order valence-corrected chi connectivity index (χ4v) is 2.47. The molecule has 0 fully saturated rings. The Labute approximate surface area is 181 Å². The normalized spacial score (nSPS) is 10.3. The van der Waals surface area contributed by atoms with Gasteiger partial charge in [-0.15, -0.1) is 0 Å². The van der Waals surface area contributed by atoms with Crippen molar-refractivity contribution < 1.29 is 23.9 Å². The smallest absolute Gasteiger partial charge is 0.306 e. The van der Waals surface area contributed by atoms with Gasteiger partial charge in [-0.2, -0.15) is 0 Å². The van der Waals surface area contributed by atoms with E-state index in [4.69, 9.17) is 4.74 Å². The largest absolute Gasteiger partial charge is 0.465 e. The Morgan fingerprint density at radius 3 is 2.19 bits per heavy atom. The summed E-state index contributed by atoms with van der Waals surface area (Å²) in [6.07, 6.45) is 0.417. The second-order valence-electron chi connectivity index (χ2n) is 7.18. The Kier molecular flexibility index (Phi) is 9.22. The maximum absolute atomic E-state index is 12.1. The molecular weight excluding hydrogens is 398 g/mol. The third-order valence-electron chi connectivity index (χ3n) is 4.31. The minimum absolute atomic E-state index is 0.0826. The minimum atomic E-state index is -0.513. The van der Waals surface area contributed by atoms with E-state index in [0.717, 1.165) is 5.56 Å². The zero-order valence-electron chi connectivity index (χ0n) is 17.6. The predicted octanol–water partition coefficient (Wildman–Crippen LogP) is 2.61. The first kappa shape index (κ1) is 23.6. The fraction of sp³-hybridized carbons (Fsp3) is 0.304. The van der Waals surface area contributed by atoms with E-state index in [0.29, 0.717) is 17.7 Å². The molecule has 164 valence electrons. The van der Waals surface area contributed by atoms with E-state index < -0.39 is 17.8 Å². The molecule has 3 N–H and O–H groups in total. The predicted molar refractivity (Wildman–Crippen MR) is 116 cm³/mol. The highest BCUT2D eigenvalue weighted by Gasteiger charge is 2.11. The molecule has 8 nitrogen and oxygen atoms in total. The summed E-state index contributed by atoms with van der Waals surface area (Å²) in [6, 6.07) is 15.9. The lowest BCUT2D eigenvalue weighted by Gasteiger charge is -2.10. The van der Waals surface area contributed by atoms with Crippen molar-refractivity contribution in [2.24, 2.45) is 5.92 Å². The number of ether oxygens (including phenoxy) is 1. The van der Waals surface area contributed by atoms with E-state index in [-0.39, 0.29) is 31.3 Å². The Morgan fingerprint density at radius 1 is 0.871 bits per heavy atom. The molecular formula is C23H27N3O5. The average Bonchev–Trinajstić information content (AvgIpc) is 2.77. The van der Waals surface area contributed by atoms with Crippen molar-refractivity contribution in [3.63, 3.8) is 0 Å². The monoisotopic (exact) mass is 425 g/mol. The van der Waals surface area contributed by atoms with Gasteiger partial charge in [-0.05, 0) is 29.8 Å². The lowest BCUT2D eigenvalue weighted by atomic mass is 10.1. The zero-order valence-corrected chi connectivity index (χ0v) is 17.6. The topological polar surface area (TPSA) is 114 Å². The number of hydrogen-bond acceptors (Lipinski definition) is 5. The van der Waals surface area contributed by atoms with E-state index in [1.165, 1.54) is 12.1 Å². The Balaban J connectivity index is 1.65. The van der Waals surface area contributed by atoms with Gasteiger partial charge in [0.1, 0.15) is 0 Å². The van der Waals surface area contributed by atoms with Crippen LogP contribution in [0.25, 0.3) is 0 Å². The molecule has 31 heavy (non-hydrogen) atoms. The van der Waals surface area contributed by atoms with Crippen molar-refractivity contribution in [3.05, 3.63) is 65.7 Å². The lowest BCUT2D eigenvalue weighted by Crippen LogP contribution is -2.41. The summed E-state index contributed by atoms with van der Waals surface area (Å²) in [7, 11) is 0. The highest BCUT2D eigenvalue weighted by molar-refractivity contribution is 5.97. The number of carbonyl (C=O) groups excluding carboxylic acids is 4. The van der Waals surface area contributed by atoms with Crippen LogP contribution in [-0.2, 0) is 25.5 Å². The molecule has 0 aliphatic rings. The highest BCUT2D eigenvalue weighted by Crippen LogP contribution is 2.11. The van der Waals surface area contributed by atoms with Gasteiger partial charge in [-0.1, -0.05) is 44.2 Å².